The van der Waals surface area contributed by atoms with E-state index < -0.39 is 35.7 Å². The van der Waals surface area contributed by atoms with E-state index in [-0.39, 0.29) is 0 Å². The molecule has 0 saturated heterocycles. The molecule has 0 saturated carbocycles. The number of hydrogen-bond acceptors (Lipinski definition) is 4. The molecule has 0 radical (unpaired) electrons. The summed E-state index contributed by atoms with van der Waals surface area (Å²) in [5.41, 5.74) is 2.96. The Balaban J connectivity index is 1.24. The van der Waals surface area contributed by atoms with E-state index in [9.17, 15) is 19.2 Å². The predicted molar refractivity (Wildman–Crippen MR) is 170 cm³/mol. The smallest absolute Gasteiger partial charge is 0.261 e. The Bertz CT molecular complexity index is 2030. The lowest BCUT2D eigenvalue weighted by atomic mass is 9.84. The van der Waals surface area contributed by atoms with Crippen LogP contribution in [0.3, 0.4) is 0 Å². The molecule has 2 heterocycles. The lowest BCUT2D eigenvalue weighted by molar-refractivity contribution is 0.0528. The first-order valence-corrected chi connectivity index (χ1v) is 14.7. The summed E-state index contributed by atoms with van der Waals surface area (Å²) in [5, 5.41) is 4.72. The van der Waals surface area contributed by atoms with Gasteiger partial charge in [-0.05, 0) is 70.8 Å². The van der Waals surface area contributed by atoms with Crippen molar-refractivity contribution < 1.29 is 19.2 Å². The maximum Gasteiger partial charge on any atom is 0.261 e. The van der Waals surface area contributed by atoms with Crippen molar-refractivity contribution in [3.05, 3.63) is 143 Å². The maximum absolute atomic E-state index is 14.1. The van der Waals surface area contributed by atoms with Gasteiger partial charge < -0.3 is 0 Å². The number of carbonyl (C=O) groups is 4. The van der Waals surface area contributed by atoms with Crippen molar-refractivity contribution in [1.29, 1.82) is 0 Å². The van der Waals surface area contributed by atoms with Gasteiger partial charge in [0, 0.05) is 33.0 Å². The molecule has 44 heavy (non-hydrogen) atoms. The number of fused-ring (bicyclic) bond motifs is 2. The van der Waals surface area contributed by atoms with Crippen molar-refractivity contribution in [2.24, 2.45) is 0 Å². The third kappa shape index (κ3) is 3.48. The second-order valence-corrected chi connectivity index (χ2v) is 11.5. The third-order valence-electron chi connectivity index (χ3n) is 9.28. The summed E-state index contributed by atoms with van der Waals surface area (Å²) in [6.45, 7) is 3.70. The molecule has 0 N–H and O–H groups in total. The van der Waals surface area contributed by atoms with Crippen LogP contribution in [-0.2, 0) is 0 Å². The third-order valence-corrected chi connectivity index (χ3v) is 9.28. The number of rotatable bonds is 4. The molecule has 0 aromatic heterocycles. The topological polar surface area (TPSA) is 74.8 Å². The summed E-state index contributed by atoms with van der Waals surface area (Å²) in [7, 11) is 0. The Kier molecular flexibility index (Phi) is 5.59. The average molecular weight is 575 g/mol. The fourth-order valence-electron chi connectivity index (χ4n) is 7.12. The van der Waals surface area contributed by atoms with Gasteiger partial charge in [0.2, 0.25) is 0 Å². The van der Waals surface area contributed by atoms with Crippen LogP contribution in [0.15, 0.2) is 109 Å². The van der Waals surface area contributed by atoms with E-state index in [0.717, 1.165) is 32.7 Å². The highest BCUT2D eigenvalue weighted by atomic mass is 16.2. The fourth-order valence-corrected chi connectivity index (χ4v) is 7.12. The Morgan fingerprint density at radius 3 is 1.09 bits per heavy atom. The number of imide groups is 2. The first-order chi connectivity index (χ1) is 21.4. The highest BCUT2D eigenvalue weighted by molar-refractivity contribution is 6.33. The van der Waals surface area contributed by atoms with Crippen molar-refractivity contribution >= 4 is 55.9 Å². The van der Waals surface area contributed by atoms with E-state index in [4.69, 9.17) is 0 Å². The average Bonchev–Trinajstić information content (AvgIpc) is 3.05. The summed E-state index contributed by atoms with van der Waals surface area (Å²) in [6, 6.07) is 32.9. The molecule has 4 amide bonds. The van der Waals surface area contributed by atoms with Crippen molar-refractivity contribution in [3.63, 3.8) is 0 Å². The number of amides is 4. The summed E-state index contributed by atoms with van der Waals surface area (Å²) >= 11 is 0. The first kappa shape index (κ1) is 26.0. The molecule has 6 aromatic rings. The minimum absolute atomic E-state index is 0.309. The molecule has 8 rings (SSSR count). The molecule has 0 bridgehead atoms. The molecule has 6 aromatic carbocycles. The minimum atomic E-state index is -0.545. The number of benzene rings is 6. The molecule has 0 aliphatic carbocycles. The molecule has 6 heteroatoms. The van der Waals surface area contributed by atoms with Gasteiger partial charge in [-0.15, -0.1) is 0 Å². The maximum atomic E-state index is 14.1. The Labute approximate surface area is 253 Å². The largest absolute Gasteiger partial charge is 0.269 e. The quantitative estimate of drug-likeness (QED) is 0.201. The molecule has 0 fully saturated rings. The van der Waals surface area contributed by atoms with Crippen molar-refractivity contribution in [1.82, 2.24) is 9.80 Å². The summed E-state index contributed by atoms with van der Waals surface area (Å²) in [5.74, 6) is -1.78. The SMILES string of the molecule is C[C@@H](c1cccc2ccccc12)N1C(=O)c2ccc3c4c(ccc(c24)C1=O)C(=O)N([C@@H](C)c1cccc2ccccc12)C3=O. The Morgan fingerprint density at radius 2 is 0.727 bits per heavy atom. The molecular formula is C38H26N2O4. The van der Waals surface area contributed by atoms with Crippen LogP contribution in [0.2, 0.25) is 0 Å². The van der Waals surface area contributed by atoms with Crippen LogP contribution in [0.1, 0.15) is 78.5 Å². The molecule has 2 aliphatic heterocycles. The monoisotopic (exact) mass is 574 g/mol. The highest BCUT2D eigenvalue weighted by Gasteiger charge is 2.42. The molecule has 2 atom stereocenters. The van der Waals surface area contributed by atoms with Crippen LogP contribution in [0.4, 0.5) is 0 Å². The molecular weight excluding hydrogens is 548 g/mol. The van der Waals surface area contributed by atoms with Gasteiger partial charge in [0.1, 0.15) is 0 Å². The zero-order chi connectivity index (χ0) is 30.3. The van der Waals surface area contributed by atoms with Crippen LogP contribution in [0, 0.1) is 0 Å². The number of carbonyl (C=O) groups excluding carboxylic acids is 4. The summed E-state index contributed by atoms with van der Waals surface area (Å²) < 4.78 is 0. The fraction of sp³-hybridized carbons (Fsp3) is 0.105. The Hall–Kier alpha value is -5.62. The van der Waals surface area contributed by atoms with Gasteiger partial charge in [0.25, 0.3) is 23.6 Å². The van der Waals surface area contributed by atoms with E-state index in [0.29, 0.717) is 33.0 Å². The van der Waals surface area contributed by atoms with Gasteiger partial charge in [-0.25, -0.2) is 0 Å². The zero-order valence-electron chi connectivity index (χ0n) is 24.1. The highest BCUT2D eigenvalue weighted by Crippen LogP contribution is 2.42. The first-order valence-electron chi connectivity index (χ1n) is 14.7. The number of nitrogens with zero attached hydrogens (tertiary/aromatic N) is 2. The zero-order valence-corrected chi connectivity index (χ0v) is 24.1. The summed E-state index contributed by atoms with van der Waals surface area (Å²) in [4.78, 5) is 58.8. The van der Waals surface area contributed by atoms with E-state index in [2.05, 4.69) is 0 Å². The molecule has 212 valence electrons. The normalized spacial score (nSPS) is 15.9. The number of hydrogen-bond donors (Lipinski definition) is 0. The van der Waals surface area contributed by atoms with Gasteiger partial charge >= 0.3 is 0 Å². The van der Waals surface area contributed by atoms with Crippen LogP contribution in [-0.4, -0.2) is 33.4 Å². The van der Waals surface area contributed by atoms with E-state index in [1.54, 1.807) is 24.3 Å². The standard InChI is InChI=1S/C38H26N2O4/c1-21(25-15-7-11-23-9-3-5-13-27(23)25)39-35(41)29-17-19-31-34-32(20-18-30(33(29)34)36(39)42)38(44)40(37(31)43)22(2)26-16-8-12-24-10-4-6-14-28(24)26/h3-22H,1-2H3/t21-,22-/m0/s1. The van der Waals surface area contributed by atoms with Crippen molar-refractivity contribution in [2.45, 2.75) is 25.9 Å². The lowest BCUT2D eigenvalue weighted by Gasteiger charge is -2.36. The molecule has 0 spiro atoms. The Morgan fingerprint density at radius 1 is 0.409 bits per heavy atom. The van der Waals surface area contributed by atoms with Crippen LogP contribution >= 0.6 is 0 Å². The second-order valence-electron chi connectivity index (χ2n) is 11.5. The van der Waals surface area contributed by atoms with Crippen molar-refractivity contribution in [2.75, 3.05) is 0 Å². The van der Waals surface area contributed by atoms with Gasteiger partial charge in [-0.1, -0.05) is 84.9 Å². The van der Waals surface area contributed by atoms with Crippen LogP contribution < -0.4 is 0 Å². The minimum Gasteiger partial charge on any atom is -0.269 e. The van der Waals surface area contributed by atoms with Gasteiger partial charge in [-0.2, -0.15) is 0 Å². The van der Waals surface area contributed by atoms with Gasteiger partial charge in [-0.3, -0.25) is 29.0 Å². The second kappa shape index (κ2) is 9.44. The predicted octanol–water partition coefficient (Wildman–Crippen LogP) is 7.86. The van der Waals surface area contributed by atoms with E-state index >= 15 is 0 Å². The van der Waals surface area contributed by atoms with E-state index in [1.165, 1.54) is 9.80 Å². The molecule has 0 unspecified atom stereocenters. The van der Waals surface area contributed by atoms with Gasteiger partial charge in [0.05, 0.1) is 12.1 Å². The molecule has 2 aliphatic rings. The molecule has 6 nitrogen and oxygen atoms in total. The van der Waals surface area contributed by atoms with Crippen LogP contribution in [0.25, 0.3) is 32.3 Å². The lowest BCUT2D eigenvalue weighted by Crippen LogP contribution is -2.44. The van der Waals surface area contributed by atoms with Crippen LogP contribution in [0.5, 0.6) is 0 Å². The summed E-state index contributed by atoms with van der Waals surface area (Å²) in [6.07, 6.45) is 0. The van der Waals surface area contributed by atoms with Crippen molar-refractivity contribution in [3.8, 4) is 0 Å². The van der Waals surface area contributed by atoms with Gasteiger partial charge in [0.15, 0.2) is 0 Å². The van der Waals surface area contributed by atoms with E-state index in [1.807, 2.05) is 98.8 Å².